The van der Waals surface area contributed by atoms with Gasteiger partial charge in [-0.15, -0.1) is 0 Å². The van der Waals surface area contributed by atoms with E-state index in [1.54, 1.807) is 12.1 Å². The molecule has 6 rings (SSSR count). The largest absolute Gasteiger partial charge is 0.481 e. The molecule has 8 heteroatoms. The van der Waals surface area contributed by atoms with E-state index in [1.807, 2.05) is 30.3 Å². The average molecular weight is 520 g/mol. The van der Waals surface area contributed by atoms with Crippen molar-refractivity contribution in [3.63, 3.8) is 0 Å². The molecular formula is C30H41BN2O5. The summed E-state index contributed by atoms with van der Waals surface area (Å²) in [4.78, 5) is 26.6. The summed E-state index contributed by atoms with van der Waals surface area (Å²) < 4.78 is 13.1. The molecule has 7 atom stereocenters. The summed E-state index contributed by atoms with van der Waals surface area (Å²) >= 11 is 0. The Bertz CT molecular complexity index is 1220. The number of hydrogen-bond acceptors (Lipinski definition) is 5. The second-order valence-corrected chi connectivity index (χ2v) is 12.8. The van der Waals surface area contributed by atoms with Gasteiger partial charge in [0.2, 0.25) is 5.91 Å². The lowest BCUT2D eigenvalue weighted by Gasteiger charge is -2.64. The predicted molar refractivity (Wildman–Crippen MR) is 148 cm³/mol. The third-order valence-corrected chi connectivity index (χ3v) is 9.41. The number of aliphatic hydroxyl groups excluding tert-OH is 1. The highest BCUT2D eigenvalue weighted by atomic mass is 16.7. The van der Waals surface area contributed by atoms with E-state index in [9.17, 15) is 14.7 Å². The first-order chi connectivity index (χ1) is 17.9. The maximum atomic E-state index is 13.5. The summed E-state index contributed by atoms with van der Waals surface area (Å²) in [6.07, 6.45) is 1.70. The fourth-order valence-corrected chi connectivity index (χ4v) is 7.05. The molecule has 3 N–H and O–H groups in total. The van der Waals surface area contributed by atoms with Crippen LogP contribution in [0.2, 0.25) is 0 Å². The number of carbonyl (C=O) groups is 2. The van der Waals surface area contributed by atoms with E-state index in [0.29, 0.717) is 23.8 Å². The van der Waals surface area contributed by atoms with Crippen molar-refractivity contribution in [2.75, 3.05) is 0 Å². The third-order valence-electron chi connectivity index (χ3n) is 9.41. The highest BCUT2D eigenvalue weighted by Gasteiger charge is 2.68. The van der Waals surface area contributed by atoms with Gasteiger partial charge in [0.05, 0.1) is 23.8 Å². The minimum atomic E-state index is -1.12. The van der Waals surface area contributed by atoms with Crippen LogP contribution in [0.1, 0.15) is 71.2 Å². The minimum absolute atomic E-state index is 0.0102. The molecule has 0 aromatic heterocycles. The van der Waals surface area contributed by atoms with Crippen molar-refractivity contribution in [2.45, 2.75) is 90.6 Å². The lowest BCUT2D eigenvalue weighted by molar-refractivity contribution is -0.199. The van der Waals surface area contributed by atoms with Gasteiger partial charge in [0.15, 0.2) is 0 Å². The van der Waals surface area contributed by atoms with E-state index >= 15 is 0 Å². The zero-order valence-electron chi connectivity index (χ0n) is 23.4. The van der Waals surface area contributed by atoms with Gasteiger partial charge >= 0.3 is 7.12 Å². The lowest BCUT2D eigenvalue weighted by Crippen LogP contribution is -2.65. The Balaban J connectivity index is 1.30. The van der Waals surface area contributed by atoms with Crippen molar-refractivity contribution in [3.8, 4) is 0 Å². The summed E-state index contributed by atoms with van der Waals surface area (Å²) in [5, 5.41) is 18.3. The number of amides is 2. The molecular weight excluding hydrogens is 479 g/mol. The predicted octanol–water partition coefficient (Wildman–Crippen LogP) is 4.12. The zero-order chi connectivity index (χ0) is 27.4. The summed E-state index contributed by atoms with van der Waals surface area (Å²) in [6, 6.07) is 12.1. The Morgan fingerprint density at radius 1 is 1.05 bits per heavy atom. The number of fused-ring (bicyclic) bond motifs is 1. The van der Waals surface area contributed by atoms with Crippen molar-refractivity contribution in [3.05, 3.63) is 48.0 Å². The van der Waals surface area contributed by atoms with E-state index in [4.69, 9.17) is 9.31 Å². The first-order valence-electron chi connectivity index (χ1n) is 14.0. The molecule has 204 valence electrons. The maximum Gasteiger partial charge on any atom is 0.481 e. The highest BCUT2D eigenvalue weighted by molar-refractivity contribution is 6.48. The molecule has 0 spiro atoms. The van der Waals surface area contributed by atoms with Crippen molar-refractivity contribution >= 4 is 29.7 Å². The first-order valence-corrected chi connectivity index (χ1v) is 14.0. The number of hydrogen-bond donors (Lipinski definition) is 3. The highest BCUT2D eigenvalue weighted by Crippen LogP contribution is 2.65. The molecule has 2 aromatic rings. The van der Waals surface area contributed by atoms with Crippen molar-refractivity contribution in [2.24, 2.45) is 23.2 Å². The second kappa shape index (κ2) is 9.96. The van der Waals surface area contributed by atoms with Crippen LogP contribution in [-0.4, -0.2) is 53.8 Å². The zero-order valence-corrected chi connectivity index (χ0v) is 23.4. The number of carbonyl (C=O) groups excluding carboxylic acids is 2. The summed E-state index contributed by atoms with van der Waals surface area (Å²) in [7, 11) is -0.572. The molecule has 7 nitrogen and oxygen atoms in total. The second-order valence-electron chi connectivity index (χ2n) is 12.8. The van der Waals surface area contributed by atoms with Crippen LogP contribution in [0, 0.1) is 23.2 Å². The van der Waals surface area contributed by atoms with Gasteiger partial charge in [-0.2, -0.15) is 0 Å². The standard InChI is InChI=1S/C30H41BN2O5/c1-17(2)13-25(31-37-24-16-22-15-23(29(22,4)5)30(24,6)38-31)32-28(36)26(18(3)34)33-27(35)21-12-11-19-9-7-8-10-20(19)14-21/h7-12,14,17-18,22-26,34H,13,15-16H2,1-6H3,(H,32,36)(H,33,35)/t18-,22-,23-,24-,25+,26+,30+/m1/s1. The Morgan fingerprint density at radius 3 is 2.42 bits per heavy atom. The molecule has 1 heterocycles. The topological polar surface area (TPSA) is 96.9 Å². The van der Waals surface area contributed by atoms with Crippen LogP contribution in [-0.2, 0) is 14.1 Å². The van der Waals surface area contributed by atoms with E-state index in [1.165, 1.54) is 6.92 Å². The lowest BCUT2D eigenvalue weighted by atomic mass is 9.43. The van der Waals surface area contributed by atoms with Gasteiger partial charge in [0.25, 0.3) is 5.91 Å². The molecule has 0 unspecified atom stereocenters. The van der Waals surface area contributed by atoms with E-state index in [2.05, 4.69) is 45.3 Å². The Hall–Kier alpha value is -2.42. The normalized spacial score (nSPS) is 29.8. The average Bonchev–Trinajstić information content (AvgIpc) is 3.23. The quantitative estimate of drug-likeness (QED) is 0.455. The van der Waals surface area contributed by atoms with Gasteiger partial charge in [-0.1, -0.05) is 58.0 Å². The molecule has 0 radical (unpaired) electrons. The maximum absolute atomic E-state index is 13.5. The van der Waals surface area contributed by atoms with Gasteiger partial charge in [0, 0.05) is 5.56 Å². The fraction of sp³-hybridized carbons (Fsp3) is 0.600. The van der Waals surface area contributed by atoms with Crippen molar-refractivity contribution in [1.82, 2.24) is 10.6 Å². The van der Waals surface area contributed by atoms with Crippen LogP contribution in [0.5, 0.6) is 0 Å². The van der Waals surface area contributed by atoms with E-state index < -0.39 is 37.0 Å². The minimum Gasteiger partial charge on any atom is -0.404 e. The Kier molecular flexibility index (Phi) is 7.12. The van der Waals surface area contributed by atoms with E-state index in [-0.39, 0.29) is 23.0 Å². The fourth-order valence-electron chi connectivity index (χ4n) is 7.05. The third kappa shape index (κ3) is 4.76. The summed E-state index contributed by atoms with van der Waals surface area (Å²) in [6.45, 7) is 12.5. The van der Waals surface area contributed by atoms with Crippen LogP contribution < -0.4 is 10.6 Å². The van der Waals surface area contributed by atoms with Crippen LogP contribution in [0.25, 0.3) is 10.8 Å². The molecule has 2 aromatic carbocycles. The molecule has 4 aliphatic rings. The number of aliphatic hydroxyl groups is 1. The Labute approximate surface area is 226 Å². The van der Waals surface area contributed by atoms with Gasteiger partial charge in [-0.05, 0) is 79.2 Å². The van der Waals surface area contributed by atoms with Gasteiger partial charge < -0.3 is 25.0 Å². The van der Waals surface area contributed by atoms with Gasteiger partial charge in [-0.3, -0.25) is 9.59 Å². The first kappa shape index (κ1) is 27.2. The monoisotopic (exact) mass is 520 g/mol. The van der Waals surface area contributed by atoms with Gasteiger partial charge in [-0.25, -0.2) is 0 Å². The van der Waals surface area contributed by atoms with Crippen molar-refractivity contribution < 1.29 is 24.0 Å². The molecule has 1 saturated heterocycles. The molecule has 3 aliphatic carbocycles. The SMILES string of the molecule is CC(C)C[C@H](NC(=O)[C@@H](NC(=O)c1ccc2ccccc2c1)[C@@H](C)O)B1O[C@@H]2C[C@H]3C[C@H](C3(C)C)[C@]2(C)O1. The van der Waals surface area contributed by atoms with Crippen LogP contribution in [0.15, 0.2) is 42.5 Å². The number of rotatable bonds is 8. The Morgan fingerprint density at radius 2 is 1.76 bits per heavy atom. The smallest absolute Gasteiger partial charge is 0.404 e. The van der Waals surface area contributed by atoms with Gasteiger partial charge in [0.1, 0.15) is 6.04 Å². The summed E-state index contributed by atoms with van der Waals surface area (Å²) in [5.41, 5.74) is 0.281. The van der Waals surface area contributed by atoms with Crippen LogP contribution in [0.3, 0.4) is 0 Å². The number of nitrogens with one attached hydrogen (secondary N) is 2. The molecule has 3 saturated carbocycles. The van der Waals surface area contributed by atoms with Crippen molar-refractivity contribution in [1.29, 1.82) is 0 Å². The molecule has 4 fully saturated rings. The molecule has 38 heavy (non-hydrogen) atoms. The number of benzene rings is 2. The molecule has 1 aliphatic heterocycles. The molecule has 2 amide bonds. The summed E-state index contributed by atoms with van der Waals surface area (Å²) in [5.74, 6) is 0.0821. The van der Waals surface area contributed by atoms with Crippen LogP contribution in [0.4, 0.5) is 0 Å². The van der Waals surface area contributed by atoms with Crippen LogP contribution >= 0.6 is 0 Å². The van der Waals surface area contributed by atoms with E-state index in [0.717, 1.165) is 23.6 Å². The molecule has 2 bridgehead atoms.